The van der Waals surface area contributed by atoms with Crippen LogP contribution >= 0.6 is 11.6 Å². The monoisotopic (exact) mass is 530 g/mol. The van der Waals surface area contributed by atoms with E-state index < -0.39 is 5.82 Å². The summed E-state index contributed by atoms with van der Waals surface area (Å²) in [6.07, 6.45) is 3.37. The number of nitrogens with two attached hydrogens (primary N) is 1. The summed E-state index contributed by atoms with van der Waals surface area (Å²) in [7, 11) is 3.64. The summed E-state index contributed by atoms with van der Waals surface area (Å²) in [4.78, 5) is 21.1. The molecule has 0 aliphatic carbocycles. The van der Waals surface area contributed by atoms with E-state index in [9.17, 15) is 9.18 Å². The molecule has 2 fully saturated rings. The largest absolute Gasteiger partial charge is 0.493 e. The Hall–Kier alpha value is -3.21. The number of carbonyl (C=O) groups excluding carboxylic acids is 1. The first kappa shape index (κ1) is 25.4. The lowest BCUT2D eigenvalue weighted by atomic mass is 10.0. The quantitative estimate of drug-likeness (QED) is 0.447. The molecular weight excluding hydrogens is 501 g/mol. The van der Waals surface area contributed by atoms with Crippen LogP contribution in [0.2, 0.25) is 5.02 Å². The van der Waals surface area contributed by atoms with Crippen molar-refractivity contribution in [2.45, 2.75) is 37.5 Å². The van der Waals surface area contributed by atoms with Crippen molar-refractivity contribution in [3.05, 3.63) is 47.5 Å². The highest BCUT2D eigenvalue weighted by atomic mass is 35.5. The van der Waals surface area contributed by atoms with Gasteiger partial charge < -0.3 is 29.7 Å². The molecule has 11 heteroatoms. The number of nitrogens with one attached hydrogen (secondary N) is 1. The number of hydrogen-bond acceptors (Lipinski definition) is 7. The molecule has 9 nitrogen and oxygen atoms in total. The number of likely N-dealkylation sites (N-methyl/N-ethyl adjacent to an activating group) is 1. The molecule has 0 saturated carbocycles. The fourth-order valence-corrected chi connectivity index (χ4v) is 5.80. The van der Waals surface area contributed by atoms with Gasteiger partial charge in [-0.3, -0.25) is 4.79 Å². The second kappa shape index (κ2) is 10.3. The summed E-state index contributed by atoms with van der Waals surface area (Å²) in [6.45, 7) is 1.98. The maximum atomic E-state index is 14.6. The Bertz CT molecular complexity index is 1320. The summed E-state index contributed by atoms with van der Waals surface area (Å²) in [5.41, 5.74) is 6.63. The number of fused-ring (bicyclic) bond motifs is 1. The van der Waals surface area contributed by atoms with Gasteiger partial charge in [0, 0.05) is 24.3 Å². The Kier molecular flexibility index (Phi) is 7.06. The van der Waals surface area contributed by atoms with E-state index in [-0.39, 0.29) is 34.8 Å². The number of hydrogen-bond donors (Lipinski definition) is 2. The number of quaternary nitrogens is 1. The molecule has 1 unspecified atom stereocenters. The number of carbonyl (C=O) groups is 1. The first-order valence-electron chi connectivity index (χ1n) is 12.2. The lowest BCUT2D eigenvalue weighted by Gasteiger charge is -2.43. The molecule has 0 spiro atoms. The van der Waals surface area contributed by atoms with Crippen molar-refractivity contribution in [3.8, 4) is 11.5 Å². The van der Waals surface area contributed by atoms with E-state index in [1.807, 2.05) is 0 Å². The van der Waals surface area contributed by atoms with Gasteiger partial charge in [0.2, 0.25) is 0 Å². The molecule has 37 heavy (non-hydrogen) atoms. The van der Waals surface area contributed by atoms with Crippen molar-refractivity contribution < 1.29 is 27.9 Å². The summed E-state index contributed by atoms with van der Waals surface area (Å²) >= 11 is 5.95. The van der Waals surface area contributed by atoms with Gasteiger partial charge in [0.15, 0.2) is 29.5 Å². The van der Waals surface area contributed by atoms with Gasteiger partial charge in [-0.2, -0.15) is 0 Å². The number of aromatic nitrogens is 2. The third-order valence-electron chi connectivity index (χ3n) is 7.57. The normalized spacial score (nSPS) is 24.2. The number of primary amides is 1. The van der Waals surface area contributed by atoms with Gasteiger partial charge in [-0.25, -0.2) is 14.4 Å². The second-order valence-corrected chi connectivity index (χ2v) is 10.1. The van der Waals surface area contributed by atoms with Crippen LogP contribution in [0.5, 0.6) is 11.5 Å². The van der Waals surface area contributed by atoms with Crippen LogP contribution < -0.4 is 20.5 Å². The first-order valence-corrected chi connectivity index (χ1v) is 12.6. The fraction of sp³-hybridized carbons (Fsp3) is 0.423. The summed E-state index contributed by atoms with van der Waals surface area (Å²) in [6, 6.07) is 8.14. The van der Waals surface area contributed by atoms with Gasteiger partial charge in [-0.1, -0.05) is 17.7 Å². The standard InChI is InChI=1S/C26H29ClFN5O4/c1-33(15-6-8-36-9-7-15)13-16(10-21(33)25(29)34)37-23-11-17-20(12-22(23)35-2)30-14-31-26(17)32-19-5-3-4-18(27)24(19)28/h3-5,11-12,14-16,21H,6-10,13H2,1-2H3,(H2-,29,30,31,32,34)/p+1/t16-,21+,33?/m1/s1. The van der Waals surface area contributed by atoms with E-state index in [0.717, 1.165) is 12.8 Å². The summed E-state index contributed by atoms with van der Waals surface area (Å²) in [5.74, 6) is 0.466. The van der Waals surface area contributed by atoms with Crippen molar-refractivity contribution in [2.75, 3.05) is 39.2 Å². The van der Waals surface area contributed by atoms with Crippen LogP contribution in [-0.4, -0.2) is 72.5 Å². The minimum absolute atomic E-state index is 0.00462. The van der Waals surface area contributed by atoms with E-state index in [1.54, 1.807) is 31.4 Å². The second-order valence-electron chi connectivity index (χ2n) is 9.74. The molecular formula is C26H30ClFN5O4+. The predicted octanol–water partition coefficient (Wildman–Crippen LogP) is 3.81. The maximum Gasteiger partial charge on any atom is 0.275 e. The highest BCUT2D eigenvalue weighted by Gasteiger charge is 2.52. The molecule has 3 N–H and O–H groups in total. The molecule has 1 amide bonds. The third-order valence-corrected chi connectivity index (χ3v) is 7.86. The topological polar surface area (TPSA) is 109 Å². The Balaban J connectivity index is 1.46. The molecule has 3 aromatic rings. The van der Waals surface area contributed by atoms with E-state index in [2.05, 4.69) is 22.3 Å². The highest BCUT2D eigenvalue weighted by Crippen LogP contribution is 2.39. The van der Waals surface area contributed by atoms with Crippen molar-refractivity contribution >= 4 is 39.9 Å². The third kappa shape index (κ3) is 4.88. The molecule has 1 aromatic heterocycles. The van der Waals surface area contributed by atoms with Gasteiger partial charge >= 0.3 is 0 Å². The number of rotatable bonds is 7. The average Bonchev–Trinajstić information content (AvgIpc) is 3.24. The summed E-state index contributed by atoms with van der Waals surface area (Å²) < 4.78 is 32.7. The van der Waals surface area contributed by atoms with Gasteiger partial charge in [-0.05, 0) is 18.2 Å². The Morgan fingerprint density at radius 1 is 1.24 bits per heavy atom. The fourth-order valence-electron chi connectivity index (χ4n) is 5.62. The van der Waals surface area contributed by atoms with Crippen LogP contribution in [0.1, 0.15) is 19.3 Å². The van der Waals surface area contributed by atoms with E-state index in [0.29, 0.717) is 58.9 Å². The van der Waals surface area contributed by atoms with Gasteiger partial charge in [0.25, 0.3) is 5.91 Å². The number of ether oxygens (including phenoxy) is 3. The molecule has 2 saturated heterocycles. The minimum Gasteiger partial charge on any atom is -0.493 e. The smallest absolute Gasteiger partial charge is 0.275 e. The van der Waals surface area contributed by atoms with Crippen molar-refractivity contribution in [1.29, 1.82) is 0 Å². The van der Waals surface area contributed by atoms with Crippen molar-refractivity contribution in [1.82, 2.24) is 9.97 Å². The molecule has 2 aliphatic heterocycles. The molecule has 2 aliphatic rings. The number of halogens is 2. The lowest BCUT2D eigenvalue weighted by Crippen LogP contribution is -2.61. The molecule has 0 bridgehead atoms. The van der Waals surface area contributed by atoms with Crippen LogP contribution in [0.25, 0.3) is 10.9 Å². The number of nitrogens with zero attached hydrogens (tertiary/aromatic N) is 3. The molecule has 3 heterocycles. The number of anilines is 2. The summed E-state index contributed by atoms with van der Waals surface area (Å²) in [5, 5.41) is 3.63. The predicted molar refractivity (Wildman–Crippen MR) is 138 cm³/mol. The van der Waals surface area contributed by atoms with Crippen molar-refractivity contribution in [3.63, 3.8) is 0 Å². The number of benzene rings is 2. The van der Waals surface area contributed by atoms with E-state index in [4.69, 9.17) is 31.5 Å². The zero-order valence-corrected chi connectivity index (χ0v) is 21.5. The first-order chi connectivity index (χ1) is 17.8. The molecule has 5 rings (SSSR count). The lowest BCUT2D eigenvalue weighted by molar-refractivity contribution is -0.938. The Labute approximate surface area is 219 Å². The molecule has 2 aromatic carbocycles. The van der Waals surface area contributed by atoms with Crippen LogP contribution in [0, 0.1) is 5.82 Å². The van der Waals surface area contributed by atoms with Crippen molar-refractivity contribution in [2.24, 2.45) is 5.73 Å². The molecule has 0 radical (unpaired) electrons. The maximum absolute atomic E-state index is 14.6. The van der Waals surface area contributed by atoms with Gasteiger partial charge in [0.1, 0.15) is 18.7 Å². The zero-order valence-electron chi connectivity index (χ0n) is 20.7. The zero-order chi connectivity index (χ0) is 26.2. The molecule has 196 valence electrons. The van der Waals surface area contributed by atoms with Gasteiger partial charge in [-0.15, -0.1) is 0 Å². The van der Waals surface area contributed by atoms with Crippen LogP contribution in [0.15, 0.2) is 36.7 Å². The highest BCUT2D eigenvalue weighted by molar-refractivity contribution is 6.31. The Morgan fingerprint density at radius 2 is 2.03 bits per heavy atom. The average molecular weight is 531 g/mol. The number of likely N-dealkylation sites (tertiary alicyclic amines) is 1. The van der Waals surface area contributed by atoms with Crippen LogP contribution in [-0.2, 0) is 9.53 Å². The molecule has 3 atom stereocenters. The number of methoxy groups -OCH3 is 1. The van der Waals surface area contributed by atoms with E-state index in [1.165, 1.54) is 12.4 Å². The minimum atomic E-state index is -0.575. The van der Waals surface area contributed by atoms with E-state index >= 15 is 0 Å². The van der Waals surface area contributed by atoms with Crippen LogP contribution in [0.3, 0.4) is 0 Å². The van der Waals surface area contributed by atoms with Crippen LogP contribution in [0.4, 0.5) is 15.9 Å². The SMILES string of the molecule is COc1cc2ncnc(Nc3cccc(Cl)c3F)c2cc1O[C@@H]1C[C@@H](C(N)=O)[N+](C)(C2CCOCC2)C1. The Morgan fingerprint density at radius 3 is 2.76 bits per heavy atom. The number of amides is 1. The van der Waals surface area contributed by atoms with Gasteiger partial charge in [0.05, 0.1) is 56.1 Å².